The van der Waals surface area contributed by atoms with Crippen LogP contribution in [0.5, 0.6) is 0 Å². The Kier molecular flexibility index (Phi) is 3.43. The van der Waals surface area contributed by atoms with E-state index >= 15 is 0 Å². The van der Waals surface area contributed by atoms with Crippen molar-refractivity contribution in [3.05, 3.63) is 23.8 Å². The summed E-state index contributed by atoms with van der Waals surface area (Å²) >= 11 is 1.21. The zero-order chi connectivity index (χ0) is 12.3. The van der Waals surface area contributed by atoms with Crippen molar-refractivity contribution in [1.29, 1.82) is 0 Å². The number of carbonyl (C=O) groups is 1. The molecule has 0 aliphatic heterocycles. The molecule has 1 heterocycles. The quantitative estimate of drug-likeness (QED) is 0.669. The number of rotatable bonds is 3. The molecule has 0 saturated heterocycles. The summed E-state index contributed by atoms with van der Waals surface area (Å²) in [7, 11) is 0. The molecule has 17 heavy (non-hydrogen) atoms. The first kappa shape index (κ1) is 11.7. The molecule has 1 aromatic carbocycles. The molecule has 0 radical (unpaired) electrons. The maximum Gasteiger partial charge on any atom is 0.272 e. The van der Waals surface area contributed by atoms with E-state index < -0.39 is 0 Å². The van der Waals surface area contributed by atoms with Gasteiger partial charge in [0.2, 0.25) is 0 Å². The monoisotopic (exact) mass is 248 g/mol. The fraction of sp³-hybridized carbons (Fsp3) is 0.273. The first-order valence-corrected chi connectivity index (χ1v) is 6.04. The number of amides is 1. The van der Waals surface area contributed by atoms with Crippen LogP contribution in [0.25, 0.3) is 10.2 Å². The SMILES string of the molecule is CCC(C)=NNC(=O)c1cccc2nnsc12. The lowest BCUT2D eigenvalue weighted by Gasteiger charge is -2.01. The number of hydrogen-bond acceptors (Lipinski definition) is 5. The van der Waals surface area contributed by atoms with Gasteiger partial charge in [-0.15, -0.1) is 5.10 Å². The van der Waals surface area contributed by atoms with Crippen molar-refractivity contribution >= 4 is 33.4 Å². The second-order valence-electron chi connectivity index (χ2n) is 3.57. The lowest BCUT2D eigenvalue weighted by molar-refractivity contribution is 0.0956. The van der Waals surface area contributed by atoms with E-state index in [1.165, 1.54) is 11.5 Å². The molecule has 0 aliphatic carbocycles. The van der Waals surface area contributed by atoms with Crippen LogP contribution in [-0.2, 0) is 0 Å². The standard InChI is InChI=1S/C11H12N4OS/c1-3-7(2)12-14-11(16)8-5-4-6-9-10(8)17-15-13-9/h4-6H,3H2,1-2H3,(H,14,16). The van der Waals surface area contributed by atoms with Crippen molar-refractivity contribution in [3.63, 3.8) is 0 Å². The molecule has 1 aromatic heterocycles. The summed E-state index contributed by atoms with van der Waals surface area (Å²) < 4.78 is 4.62. The molecular weight excluding hydrogens is 236 g/mol. The molecule has 1 N–H and O–H groups in total. The Bertz CT molecular complexity index is 576. The molecular formula is C11H12N4OS. The van der Waals surface area contributed by atoms with E-state index in [4.69, 9.17) is 0 Å². The topological polar surface area (TPSA) is 67.2 Å². The van der Waals surface area contributed by atoms with Crippen molar-refractivity contribution in [3.8, 4) is 0 Å². The number of carbonyl (C=O) groups excluding carboxylic acids is 1. The van der Waals surface area contributed by atoms with Gasteiger partial charge in [0.25, 0.3) is 5.91 Å². The zero-order valence-corrected chi connectivity index (χ0v) is 10.4. The van der Waals surface area contributed by atoms with Crippen molar-refractivity contribution in [2.75, 3.05) is 0 Å². The van der Waals surface area contributed by atoms with Crippen LogP contribution in [0.1, 0.15) is 30.6 Å². The van der Waals surface area contributed by atoms with E-state index in [1.807, 2.05) is 19.9 Å². The summed E-state index contributed by atoms with van der Waals surface area (Å²) in [6, 6.07) is 5.36. The van der Waals surface area contributed by atoms with Crippen LogP contribution in [0, 0.1) is 0 Å². The van der Waals surface area contributed by atoms with Gasteiger partial charge in [-0.05, 0) is 37.0 Å². The molecule has 0 spiro atoms. The van der Waals surface area contributed by atoms with E-state index in [9.17, 15) is 4.79 Å². The fourth-order valence-electron chi connectivity index (χ4n) is 1.27. The average Bonchev–Trinajstić information content (AvgIpc) is 2.83. The lowest BCUT2D eigenvalue weighted by atomic mass is 10.2. The van der Waals surface area contributed by atoms with Gasteiger partial charge >= 0.3 is 0 Å². The summed E-state index contributed by atoms with van der Waals surface area (Å²) in [5.41, 5.74) is 4.71. The number of hydrogen-bond donors (Lipinski definition) is 1. The minimum atomic E-state index is -0.227. The number of nitrogens with one attached hydrogen (secondary N) is 1. The molecule has 0 fully saturated rings. The third-order valence-corrected chi connectivity index (χ3v) is 3.15. The summed E-state index contributed by atoms with van der Waals surface area (Å²) in [6.45, 7) is 3.86. The predicted octanol–water partition coefficient (Wildman–Crippen LogP) is 2.21. The minimum Gasteiger partial charge on any atom is -0.267 e. The van der Waals surface area contributed by atoms with Gasteiger partial charge in [0.15, 0.2) is 0 Å². The summed E-state index contributed by atoms with van der Waals surface area (Å²) in [6.07, 6.45) is 0.812. The van der Waals surface area contributed by atoms with E-state index in [2.05, 4.69) is 20.1 Å². The van der Waals surface area contributed by atoms with Crippen LogP contribution in [0.2, 0.25) is 0 Å². The van der Waals surface area contributed by atoms with Crippen LogP contribution in [0.3, 0.4) is 0 Å². The summed E-state index contributed by atoms with van der Waals surface area (Å²) in [5.74, 6) is -0.227. The molecule has 0 unspecified atom stereocenters. The highest BCUT2D eigenvalue weighted by Gasteiger charge is 2.11. The molecule has 0 bridgehead atoms. The fourth-order valence-corrected chi connectivity index (χ4v) is 1.94. The van der Waals surface area contributed by atoms with E-state index in [0.717, 1.165) is 22.3 Å². The lowest BCUT2D eigenvalue weighted by Crippen LogP contribution is -2.18. The van der Waals surface area contributed by atoms with Gasteiger partial charge in [-0.25, -0.2) is 5.43 Å². The molecule has 0 atom stereocenters. The Morgan fingerprint density at radius 1 is 1.53 bits per heavy atom. The molecule has 2 rings (SSSR count). The maximum atomic E-state index is 11.9. The van der Waals surface area contributed by atoms with E-state index in [1.54, 1.807) is 12.1 Å². The molecule has 2 aromatic rings. The smallest absolute Gasteiger partial charge is 0.267 e. The van der Waals surface area contributed by atoms with Gasteiger partial charge in [0.05, 0.1) is 10.3 Å². The summed E-state index contributed by atoms with van der Waals surface area (Å²) in [5, 5.41) is 7.92. The van der Waals surface area contributed by atoms with E-state index in [0.29, 0.717) is 5.56 Å². The Morgan fingerprint density at radius 2 is 2.35 bits per heavy atom. The highest BCUT2D eigenvalue weighted by Crippen LogP contribution is 2.19. The third kappa shape index (κ3) is 2.47. The van der Waals surface area contributed by atoms with Crippen LogP contribution in [0.15, 0.2) is 23.3 Å². The highest BCUT2D eigenvalue weighted by atomic mass is 32.1. The molecule has 88 valence electrons. The molecule has 5 nitrogen and oxygen atoms in total. The van der Waals surface area contributed by atoms with Gasteiger partial charge in [-0.3, -0.25) is 4.79 Å². The predicted molar refractivity (Wildman–Crippen MR) is 68.3 cm³/mol. The largest absolute Gasteiger partial charge is 0.272 e. The normalized spacial score (nSPS) is 11.8. The highest BCUT2D eigenvalue weighted by molar-refractivity contribution is 7.13. The van der Waals surface area contributed by atoms with Gasteiger partial charge in [-0.1, -0.05) is 17.5 Å². The Labute approximate surface area is 103 Å². The van der Waals surface area contributed by atoms with Crippen molar-refractivity contribution < 1.29 is 4.79 Å². The molecule has 0 saturated carbocycles. The van der Waals surface area contributed by atoms with Crippen LogP contribution in [-0.4, -0.2) is 21.2 Å². The third-order valence-electron chi connectivity index (χ3n) is 2.38. The van der Waals surface area contributed by atoms with Gasteiger partial charge < -0.3 is 0 Å². The van der Waals surface area contributed by atoms with Crippen molar-refractivity contribution in [2.45, 2.75) is 20.3 Å². The number of hydrazone groups is 1. The van der Waals surface area contributed by atoms with E-state index in [-0.39, 0.29) is 5.91 Å². The molecule has 1 amide bonds. The molecule has 0 aliphatic rings. The number of fused-ring (bicyclic) bond motifs is 1. The zero-order valence-electron chi connectivity index (χ0n) is 9.60. The van der Waals surface area contributed by atoms with Crippen LogP contribution < -0.4 is 5.43 Å². The molecule has 6 heteroatoms. The van der Waals surface area contributed by atoms with Crippen LogP contribution in [0.4, 0.5) is 0 Å². The average molecular weight is 248 g/mol. The number of nitrogens with zero attached hydrogens (tertiary/aromatic N) is 3. The minimum absolute atomic E-state index is 0.227. The Balaban J connectivity index is 2.28. The second kappa shape index (κ2) is 5.01. The van der Waals surface area contributed by atoms with Gasteiger partial charge in [0, 0.05) is 5.71 Å². The summed E-state index contributed by atoms with van der Waals surface area (Å²) in [4.78, 5) is 11.9. The second-order valence-corrected chi connectivity index (χ2v) is 4.32. The van der Waals surface area contributed by atoms with Crippen molar-refractivity contribution in [2.24, 2.45) is 5.10 Å². The van der Waals surface area contributed by atoms with Gasteiger partial charge in [-0.2, -0.15) is 5.10 Å². The maximum absolute atomic E-state index is 11.9. The van der Waals surface area contributed by atoms with Gasteiger partial charge in [0.1, 0.15) is 5.52 Å². The Morgan fingerprint density at radius 3 is 3.12 bits per heavy atom. The number of aromatic nitrogens is 2. The number of benzene rings is 1. The first-order chi connectivity index (χ1) is 8.22. The first-order valence-electron chi connectivity index (χ1n) is 5.27. The van der Waals surface area contributed by atoms with Crippen molar-refractivity contribution in [1.82, 2.24) is 15.0 Å². The van der Waals surface area contributed by atoms with Crippen LogP contribution >= 0.6 is 11.5 Å². The Hall–Kier alpha value is -1.82.